The second-order valence-electron chi connectivity index (χ2n) is 10.5. The van der Waals surface area contributed by atoms with E-state index in [1.165, 1.54) is 29.3 Å². The van der Waals surface area contributed by atoms with Gasteiger partial charge in [0.15, 0.2) is 6.61 Å². The van der Waals surface area contributed by atoms with Crippen LogP contribution in [0.5, 0.6) is 5.75 Å². The van der Waals surface area contributed by atoms with Crippen molar-refractivity contribution in [3.63, 3.8) is 0 Å². The Hall–Kier alpha value is -4.81. The maximum Gasteiger partial charge on any atom is 0.341 e. The zero-order valence-corrected chi connectivity index (χ0v) is 27.8. The average molecular weight is 659 g/mol. The summed E-state index contributed by atoms with van der Waals surface area (Å²) < 4.78 is 12.3. The molecule has 0 aliphatic rings. The zero-order valence-electron chi connectivity index (χ0n) is 26.2. The van der Waals surface area contributed by atoms with Crippen LogP contribution in [0.1, 0.15) is 49.9 Å². The molecule has 0 radical (unpaired) electrons. The minimum Gasteiger partial charge on any atom is -0.484 e. The van der Waals surface area contributed by atoms with Gasteiger partial charge in [-0.1, -0.05) is 42.5 Å². The van der Waals surface area contributed by atoms with E-state index in [2.05, 4.69) is 10.3 Å². The minimum absolute atomic E-state index is 0.0738. The summed E-state index contributed by atoms with van der Waals surface area (Å²) in [5.41, 5.74) is 2.83. The molecular formula is C34H34N4O6S2. The molecule has 0 spiro atoms. The van der Waals surface area contributed by atoms with Crippen LogP contribution in [-0.4, -0.2) is 59.0 Å². The standard InChI is InChI=1S/C34H34N4O6S2/c1-6-37(7-2)25(39)18-44-24-15-13-23(14-16-24)27-21(4)45-32(28(27)34(42)43-5)36-30(40)29-20(3)26-31(46-29)35-19-38(33(26)41)17-22-11-9-8-10-12-22/h8-16,19H,6-7,17-18H2,1-5H3,(H,36,40). The molecule has 10 nitrogen and oxygen atoms in total. The summed E-state index contributed by atoms with van der Waals surface area (Å²) in [6, 6.07) is 16.7. The van der Waals surface area contributed by atoms with Crippen molar-refractivity contribution >= 4 is 55.7 Å². The van der Waals surface area contributed by atoms with Gasteiger partial charge in [-0.05, 0) is 56.5 Å². The van der Waals surface area contributed by atoms with E-state index in [1.807, 2.05) is 51.1 Å². The van der Waals surface area contributed by atoms with E-state index in [-0.39, 0.29) is 23.6 Å². The van der Waals surface area contributed by atoms with Gasteiger partial charge in [0.2, 0.25) is 0 Å². The monoisotopic (exact) mass is 658 g/mol. The molecule has 2 amide bonds. The van der Waals surface area contributed by atoms with Gasteiger partial charge in [0.25, 0.3) is 17.4 Å². The van der Waals surface area contributed by atoms with Crippen molar-refractivity contribution < 1.29 is 23.9 Å². The van der Waals surface area contributed by atoms with E-state index in [0.29, 0.717) is 56.6 Å². The number of hydrogen-bond acceptors (Lipinski definition) is 9. The van der Waals surface area contributed by atoms with Crippen LogP contribution in [0, 0.1) is 13.8 Å². The summed E-state index contributed by atoms with van der Waals surface area (Å²) in [5, 5.41) is 3.63. The van der Waals surface area contributed by atoms with E-state index in [4.69, 9.17) is 9.47 Å². The number of aromatic nitrogens is 2. The van der Waals surface area contributed by atoms with E-state index >= 15 is 0 Å². The summed E-state index contributed by atoms with van der Waals surface area (Å²) in [6.45, 7) is 8.93. The van der Waals surface area contributed by atoms with Gasteiger partial charge in [-0.25, -0.2) is 9.78 Å². The molecule has 1 N–H and O–H groups in total. The minimum atomic E-state index is -0.599. The van der Waals surface area contributed by atoms with Gasteiger partial charge in [-0.3, -0.25) is 19.0 Å². The molecule has 0 saturated heterocycles. The summed E-state index contributed by atoms with van der Waals surface area (Å²) >= 11 is 2.39. The first kappa shape index (κ1) is 32.6. The second kappa shape index (κ2) is 14.1. The van der Waals surface area contributed by atoms with Gasteiger partial charge in [-0.15, -0.1) is 22.7 Å². The van der Waals surface area contributed by atoms with Gasteiger partial charge in [0.05, 0.1) is 30.2 Å². The van der Waals surface area contributed by atoms with Crippen molar-refractivity contribution in [2.75, 3.05) is 32.1 Å². The largest absolute Gasteiger partial charge is 0.484 e. The molecule has 0 fully saturated rings. The van der Waals surface area contributed by atoms with E-state index < -0.39 is 11.9 Å². The number of ether oxygens (including phenoxy) is 2. The molecule has 238 valence electrons. The van der Waals surface area contributed by atoms with Gasteiger partial charge in [0, 0.05) is 23.5 Å². The normalized spacial score (nSPS) is 11.0. The summed E-state index contributed by atoms with van der Waals surface area (Å²) in [6.07, 6.45) is 1.50. The van der Waals surface area contributed by atoms with Crippen LogP contribution >= 0.6 is 22.7 Å². The zero-order chi connectivity index (χ0) is 33.0. The molecule has 0 atom stereocenters. The summed E-state index contributed by atoms with van der Waals surface area (Å²) in [7, 11) is 1.29. The highest BCUT2D eigenvalue weighted by Crippen LogP contribution is 2.41. The lowest BCUT2D eigenvalue weighted by Gasteiger charge is -2.18. The first-order valence-electron chi connectivity index (χ1n) is 14.7. The molecule has 3 aromatic heterocycles. The van der Waals surface area contributed by atoms with E-state index in [9.17, 15) is 19.2 Å². The Kier molecular flexibility index (Phi) is 9.98. The quantitative estimate of drug-likeness (QED) is 0.169. The van der Waals surface area contributed by atoms with Crippen molar-refractivity contribution in [3.05, 3.63) is 97.7 Å². The number of thiophene rings is 2. The molecular weight excluding hydrogens is 625 g/mol. The lowest BCUT2D eigenvalue weighted by atomic mass is 10.0. The third kappa shape index (κ3) is 6.58. The van der Waals surface area contributed by atoms with Gasteiger partial charge < -0.3 is 19.7 Å². The molecule has 3 heterocycles. The number of carbonyl (C=O) groups is 3. The Morgan fingerprint density at radius 3 is 2.33 bits per heavy atom. The number of esters is 1. The highest BCUT2D eigenvalue weighted by molar-refractivity contribution is 7.21. The third-order valence-electron chi connectivity index (χ3n) is 7.64. The molecule has 0 bridgehead atoms. The number of rotatable bonds is 11. The molecule has 0 aliphatic carbocycles. The SMILES string of the molecule is CCN(CC)C(=O)COc1ccc(-c2c(C)sc(NC(=O)c3sc4ncn(Cc5ccccc5)c(=O)c4c3C)c2C(=O)OC)cc1. The molecule has 5 aromatic rings. The van der Waals surface area contributed by atoms with Crippen LogP contribution in [0.2, 0.25) is 0 Å². The summed E-state index contributed by atoms with van der Waals surface area (Å²) in [4.78, 5) is 60.2. The number of methoxy groups -OCH3 is 1. The number of benzene rings is 2. The number of hydrogen-bond donors (Lipinski definition) is 1. The fraction of sp³-hybridized carbons (Fsp3) is 0.265. The molecule has 0 unspecified atom stereocenters. The number of fused-ring (bicyclic) bond motifs is 1. The van der Waals surface area contributed by atoms with Crippen LogP contribution in [0.15, 0.2) is 65.7 Å². The lowest BCUT2D eigenvalue weighted by molar-refractivity contribution is -0.132. The van der Waals surface area contributed by atoms with Crippen LogP contribution in [-0.2, 0) is 16.1 Å². The van der Waals surface area contributed by atoms with Crippen LogP contribution < -0.4 is 15.6 Å². The molecule has 0 aliphatic heterocycles. The number of aryl methyl sites for hydroxylation is 2. The lowest BCUT2D eigenvalue weighted by Crippen LogP contribution is -2.34. The van der Waals surface area contributed by atoms with Crippen molar-refractivity contribution in [3.8, 4) is 16.9 Å². The molecule has 2 aromatic carbocycles. The van der Waals surface area contributed by atoms with Crippen LogP contribution in [0.4, 0.5) is 5.00 Å². The smallest absolute Gasteiger partial charge is 0.341 e. The predicted octanol–water partition coefficient (Wildman–Crippen LogP) is 6.14. The number of nitrogens with one attached hydrogen (secondary N) is 1. The van der Waals surface area contributed by atoms with E-state index in [1.54, 1.807) is 36.1 Å². The maximum atomic E-state index is 13.6. The maximum absolute atomic E-state index is 13.6. The fourth-order valence-corrected chi connectivity index (χ4v) is 7.33. The van der Waals surface area contributed by atoms with Gasteiger partial charge >= 0.3 is 5.97 Å². The number of anilines is 1. The summed E-state index contributed by atoms with van der Waals surface area (Å²) in [5.74, 6) is -0.631. The van der Waals surface area contributed by atoms with Crippen LogP contribution in [0.3, 0.4) is 0 Å². The Morgan fingerprint density at radius 1 is 0.978 bits per heavy atom. The van der Waals surface area contributed by atoms with Crippen LogP contribution in [0.25, 0.3) is 21.3 Å². The van der Waals surface area contributed by atoms with E-state index in [0.717, 1.165) is 27.3 Å². The number of carbonyl (C=O) groups excluding carboxylic acids is 3. The number of amides is 2. The third-order valence-corrected chi connectivity index (χ3v) is 9.86. The molecule has 0 saturated carbocycles. The first-order valence-corrected chi connectivity index (χ1v) is 16.4. The highest BCUT2D eigenvalue weighted by atomic mass is 32.1. The van der Waals surface area contributed by atoms with Gasteiger partial charge in [-0.2, -0.15) is 0 Å². The highest BCUT2D eigenvalue weighted by Gasteiger charge is 2.27. The fourth-order valence-electron chi connectivity index (χ4n) is 5.24. The number of nitrogens with zero attached hydrogens (tertiary/aromatic N) is 3. The number of likely N-dealkylation sites (N-methyl/N-ethyl adjacent to an activating group) is 1. The Labute approximate surface area is 274 Å². The topological polar surface area (TPSA) is 120 Å². The molecule has 46 heavy (non-hydrogen) atoms. The second-order valence-corrected chi connectivity index (χ2v) is 12.7. The van der Waals surface area contributed by atoms with Crippen molar-refractivity contribution in [2.24, 2.45) is 0 Å². The van der Waals surface area contributed by atoms with Crippen molar-refractivity contribution in [1.82, 2.24) is 14.5 Å². The molecule has 5 rings (SSSR count). The van der Waals surface area contributed by atoms with Crippen molar-refractivity contribution in [2.45, 2.75) is 34.2 Å². The Bertz CT molecular complexity index is 1960. The Balaban J connectivity index is 1.41. The first-order chi connectivity index (χ1) is 22.2. The van der Waals surface area contributed by atoms with Crippen molar-refractivity contribution in [1.29, 1.82) is 0 Å². The Morgan fingerprint density at radius 2 is 1.67 bits per heavy atom. The predicted molar refractivity (Wildman–Crippen MR) is 181 cm³/mol. The van der Waals surface area contributed by atoms with Gasteiger partial charge in [0.1, 0.15) is 21.1 Å². The molecule has 12 heteroatoms. The average Bonchev–Trinajstić information content (AvgIpc) is 3.58.